The molecule has 3 unspecified atom stereocenters. The first-order valence-electron chi connectivity index (χ1n) is 8.83. The van der Waals surface area contributed by atoms with Crippen molar-refractivity contribution in [3.63, 3.8) is 0 Å². The van der Waals surface area contributed by atoms with Gasteiger partial charge in [0.1, 0.15) is 11.4 Å². The first kappa shape index (κ1) is 17.6. The third-order valence-electron chi connectivity index (χ3n) is 5.43. The summed E-state index contributed by atoms with van der Waals surface area (Å²) in [6, 6.07) is 22.1. The van der Waals surface area contributed by atoms with Crippen LogP contribution in [-0.4, -0.2) is 19.8 Å². The molecule has 3 aromatic rings. The number of hydrogen-bond acceptors (Lipinski definition) is 4. The molecule has 3 atom stereocenters. The third-order valence-corrected chi connectivity index (χ3v) is 7.98. The Balaban J connectivity index is 1.78. The summed E-state index contributed by atoms with van der Waals surface area (Å²) in [6.07, 6.45) is -0.720. The minimum atomic E-state index is -3.86. The zero-order valence-electron chi connectivity index (χ0n) is 14.6. The van der Waals surface area contributed by atoms with Crippen LogP contribution in [0, 0.1) is 0 Å². The molecule has 0 aliphatic carbocycles. The van der Waals surface area contributed by atoms with Crippen LogP contribution in [-0.2, 0) is 14.6 Å². The SMILES string of the molecule is O=C1c2ccccc2S(=O)(=O)C(c2ccccc2)C12OC2c1ccccc1Cl. The Labute approximate surface area is 167 Å². The van der Waals surface area contributed by atoms with Crippen LogP contribution in [0.25, 0.3) is 0 Å². The second kappa shape index (κ2) is 6.01. The van der Waals surface area contributed by atoms with Crippen molar-refractivity contribution in [2.45, 2.75) is 21.9 Å². The van der Waals surface area contributed by atoms with E-state index in [9.17, 15) is 13.2 Å². The standard InChI is InChI=1S/C22H15ClO4S/c23-17-12-6-4-10-15(17)20-22(27-20)19(24)16-11-5-7-13-18(16)28(25,26)21(22)14-8-2-1-3-9-14/h1-13,20-21H. The van der Waals surface area contributed by atoms with Gasteiger partial charge in [-0.2, -0.15) is 0 Å². The summed E-state index contributed by atoms with van der Waals surface area (Å²) in [5, 5.41) is -0.690. The quantitative estimate of drug-likeness (QED) is 0.581. The largest absolute Gasteiger partial charge is 0.350 e. The molecule has 1 saturated heterocycles. The first-order valence-corrected chi connectivity index (χ1v) is 10.8. The van der Waals surface area contributed by atoms with Gasteiger partial charge >= 0.3 is 0 Å². The number of carbonyl (C=O) groups excluding carboxylic acids is 1. The fraction of sp³-hybridized carbons (Fsp3) is 0.136. The van der Waals surface area contributed by atoms with E-state index in [2.05, 4.69) is 0 Å². The zero-order chi connectivity index (χ0) is 19.5. The summed E-state index contributed by atoms with van der Waals surface area (Å²) in [5.41, 5.74) is -0.198. The fourth-order valence-corrected chi connectivity index (χ4v) is 6.65. The third kappa shape index (κ3) is 2.27. The highest BCUT2D eigenvalue weighted by molar-refractivity contribution is 7.92. The summed E-state index contributed by atoms with van der Waals surface area (Å²) in [6.45, 7) is 0. The van der Waals surface area contributed by atoms with Crippen molar-refractivity contribution in [3.8, 4) is 0 Å². The number of ether oxygens (including phenoxy) is 1. The molecule has 0 saturated carbocycles. The van der Waals surface area contributed by atoms with Crippen LogP contribution in [0.1, 0.15) is 32.8 Å². The van der Waals surface area contributed by atoms with E-state index >= 15 is 0 Å². The second-order valence-corrected chi connectivity index (χ2v) is 9.38. The van der Waals surface area contributed by atoms with Crippen LogP contribution in [0.15, 0.2) is 83.8 Å². The topological polar surface area (TPSA) is 63.7 Å². The van der Waals surface area contributed by atoms with E-state index in [1.165, 1.54) is 6.07 Å². The molecular formula is C22H15ClO4S. The number of ketones is 1. The van der Waals surface area contributed by atoms with Gasteiger partial charge < -0.3 is 4.74 Å². The molecule has 0 radical (unpaired) electrons. The molecule has 1 fully saturated rings. The molecule has 2 aliphatic heterocycles. The molecule has 5 rings (SSSR count). The molecule has 0 bridgehead atoms. The highest BCUT2D eigenvalue weighted by atomic mass is 35.5. The van der Waals surface area contributed by atoms with Gasteiger partial charge in [-0.25, -0.2) is 8.42 Å². The van der Waals surface area contributed by atoms with Gasteiger partial charge in [-0.05, 0) is 23.8 Å². The van der Waals surface area contributed by atoms with E-state index in [1.54, 1.807) is 72.8 Å². The number of fused-ring (bicyclic) bond motifs is 1. The van der Waals surface area contributed by atoms with Crippen molar-refractivity contribution in [1.82, 2.24) is 0 Å². The molecule has 0 N–H and O–H groups in total. The Hall–Kier alpha value is -2.47. The van der Waals surface area contributed by atoms with Gasteiger partial charge in [-0.1, -0.05) is 72.3 Å². The number of carbonyl (C=O) groups is 1. The Morgan fingerprint density at radius 2 is 1.50 bits per heavy atom. The monoisotopic (exact) mass is 410 g/mol. The number of benzene rings is 3. The van der Waals surface area contributed by atoms with Gasteiger partial charge in [0.15, 0.2) is 15.4 Å². The molecule has 140 valence electrons. The van der Waals surface area contributed by atoms with Crippen LogP contribution in [0.5, 0.6) is 0 Å². The molecule has 4 nitrogen and oxygen atoms in total. The van der Waals surface area contributed by atoms with Gasteiger partial charge in [0, 0.05) is 16.1 Å². The molecule has 2 aliphatic rings. The van der Waals surface area contributed by atoms with Crippen molar-refractivity contribution in [2.24, 2.45) is 0 Å². The molecule has 2 heterocycles. The Kier molecular flexibility index (Phi) is 3.78. The minimum Gasteiger partial charge on any atom is -0.350 e. The van der Waals surface area contributed by atoms with E-state index in [0.717, 1.165) is 0 Å². The van der Waals surface area contributed by atoms with Gasteiger partial charge in [0.05, 0.1) is 4.90 Å². The molecule has 1 spiro atoms. The Morgan fingerprint density at radius 3 is 2.25 bits per heavy atom. The number of halogens is 1. The van der Waals surface area contributed by atoms with E-state index in [-0.39, 0.29) is 16.2 Å². The molecule has 0 amide bonds. The first-order chi connectivity index (χ1) is 13.5. The highest BCUT2D eigenvalue weighted by Gasteiger charge is 2.73. The highest BCUT2D eigenvalue weighted by Crippen LogP contribution is 2.64. The maximum atomic E-state index is 13.6. The van der Waals surface area contributed by atoms with E-state index < -0.39 is 26.8 Å². The lowest BCUT2D eigenvalue weighted by Crippen LogP contribution is -2.42. The maximum absolute atomic E-state index is 13.6. The van der Waals surface area contributed by atoms with Crippen LogP contribution in [0.3, 0.4) is 0 Å². The summed E-state index contributed by atoms with van der Waals surface area (Å²) in [5.74, 6) is -0.323. The van der Waals surface area contributed by atoms with Crippen LogP contribution < -0.4 is 0 Å². The summed E-state index contributed by atoms with van der Waals surface area (Å²) in [7, 11) is -3.86. The van der Waals surface area contributed by atoms with E-state index in [4.69, 9.17) is 16.3 Å². The van der Waals surface area contributed by atoms with E-state index in [1.807, 2.05) is 0 Å². The number of rotatable bonds is 2. The summed E-state index contributed by atoms with van der Waals surface area (Å²) >= 11 is 6.33. The smallest absolute Gasteiger partial charge is 0.200 e. The lowest BCUT2D eigenvalue weighted by Gasteiger charge is -2.30. The Bertz CT molecular complexity index is 1210. The van der Waals surface area contributed by atoms with E-state index in [0.29, 0.717) is 16.1 Å². The number of hydrogen-bond donors (Lipinski definition) is 0. The second-order valence-electron chi connectivity index (χ2n) is 6.97. The van der Waals surface area contributed by atoms with Gasteiger partial charge in [-0.15, -0.1) is 0 Å². The van der Waals surface area contributed by atoms with Crippen LogP contribution in [0.2, 0.25) is 5.02 Å². The maximum Gasteiger partial charge on any atom is 0.200 e. The van der Waals surface area contributed by atoms with Crippen LogP contribution in [0.4, 0.5) is 0 Å². The van der Waals surface area contributed by atoms with Crippen molar-refractivity contribution in [2.75, 3.05) is 0 Å². The number of epoxide rings is 1. The molecule has 0 aromatic heterocycles. The van der Waals surface area contributed by atoms with Crippen molar-refractivity contribution in [3.05, 3.63) is 101 Å². The van der Waals surface area contributed by atoms with Crippen molar-refractivity contribution >= 4 is 27.2 Å². The van der Waals surface area contributed by atoms with Crippen molar-refractivity contribution in [1.29, 1.82) is 0 Å². The lowest BCUT2D eigenvalue weighted by atomic mass is 9.85. The average Bonchev–Trinajstić information content (AvgIpc) is 3.43. The average molecular weight is 411 g/mol. The van der Waals surface area contributed by atoms with Gasteiger partial charge in [0.25, 0.3) is 0 Å². The normalized spacial score (nSPS) is 27.4. The van der Waals surface area contributed by atoms with Crippen molar-refractivity contribution < 1.29 is 17.9 Å². The molecule has 3 aromatic carbocycles. The molecular weight excluding hydrogens is 396 g/mol. The summed E-state index contributed by atoms with van der Waals surface area (Å²) in [4.78, 5) is 13.6. The van der Waals surface area contributed by atoms with Crippen LogP contribution >= 0.6 is 11.6 Å². The minimum absolute atomic E-state index is 0.0490. The van der Waals surface area contributed by atoms with Gasteiger partial charge in [-0.3, -0.25) is 4.79 Å². The fourth-order valence-electron chi connectivity index (χ4n) is 4.16. The number of Topliss-reactive ketones (excluding diaryl/α,β-unsaturated/α-hetero) is 1. The van der Waals surface area contributed by atoms with Gasteiger partial charge in [0.2, 0.25) is 5.78 Å². The lowest BCUT2D eigenvalue weighted by molar-refractivity contribution is 0.0856. The summed E-state index contributed by atoms with van der Waals surface area (Å²) < 4.78 is 33.2. The predicted octanol–water partition coefficient (Wildman–Crippen LogP) is 4.56. The Morgan fingerprint density at radius 1 is 0.857 bits per heavy atom. The predicted molar refractivity (Wildman–Crippen MR) is 105 cm³/mol. The number of sulfone groups is 1. The molecule has 6 heteroatoms. The zero-order valence-corrected chi connectivity index (χ0v) is 16.2. The molecule has 28 heavy (non-hydrogen) atoms.